The zero-order valence-corrected chi connectivity index (χ0v) is 11.6. The third-order valence-corrected chi connectivity index (χ3v) is 4.70. The van der Waals surface area contributed by atoms with Crippen LogP contribution in [0.15, 0.2) is 6.33 Å². The molecule has 1 fully saturated rings. The molecule has 1 aliphatic rings. The van der Waals surface area contributed by atoms with Gasteiger partial charge in [0.1, 0.15) is 6.33 Å². The molecule has 2 heterocycles. The third kappa shape index (κ3) is 2.96. The van der Waals surface area contributed by atoms with E-state index in [-0.39, 0.29) is 4.75 Å². The second kappa shape index (κ2) is 5.31. The second-order valence-electron chi connectivity index (χ2n) is 4.30. The largest absolute Gasteiger partial charge is 0.490 e. The maximum Gasteiger partial charge on any atom is 0.198 e. The average molecular weight is 274 g/mol. The van der Waals surface area contributed by atoms with Gasteiger partial charge in [-0.25, -0.2) is 9.97 Å². The van der Waals surface area contributed by atoms with Crippen LogP contribution in [-0.4, -0.2) is 34.1 Å². The van der Waals surface area contributed by atoms with Crippen molar-refractivity contribution < 1.29 is 4.74 Å². The molecule has 0 aromatic carbocycles. The smallest absolute Gasteiger partial charge is 0.198 e. The Morgan fingerprint density at radius 2 is 2.41 bits per heavy atom. The highest BCUT2D eigenvalue weighted by molar-refractivity contribution is 8.00. The van der Waals surface area contributed by atoms with Crippen LogP contribution in [0.1, 0.15) is 19.8 Å². The van der Waals surface area contributed by atoms with Crippen LogP contribution >= 0.6 is 23.4 Å². The van der Waals surface area contributed by atoms with Gasteiger partial charge in [0.05, 0.1) is 7.11 Å². The Morgan fingerprint density at radius 1 is 1.59 bits per heavy atom. The van der Waals surface area contributed by atoms with E-state index in [4.69, 9.17) is 16.3 Å². The lowest BCUT2D eigenvalue weighted by Crippen LogP contribution is -2.27. The van der Waals surface area contributed by atoms with Gasteiger partial charge in [-0.2, -0.15) is 11.8 Å². The minimum Gasteiger partial charge on any atom is -0.490 e. The lowest BCUT2D eigenvalue weighted by Gasteiger charge is -2.23. The van der Waals surface area contributed by atoms with E-state index >= 15 is 0 Å². The van der Waals surface area contributed by atoms with Crippen LogP contribution in [0.25, 0.3) is 0 Å². The van der Waals surface area contributed by atoms with E-state index < -0.39 is 0 Å². The first-order valence-corrected chi connectivity index (χ1v) is 6.93. The number of halogens is 1. The molecule has 1 N–H and O–H groups in total. The Bertz CT molecular complexity index is 396. The summed E-state index contributed by atoms with van der Waals surface area (Å²) in [6, 6.07) is 0. The molecule has 0 radical (unpaired) electrons. The van der Waals surface area contributed by atoms with E-state index in [1.54, 1.807) is 7.11 Å². The van der Waals surface area contributed by atoms with Gasteiger partial charge in [-0.05, 0) is 25.5 Å². The van der Waals surface area contributed by atoms with Gasteiger partial charge >= 0.3 is 0 Å². The summed E-state index contributed by atoms with van der Waals surface area (Å²) in [5, 5.41) is 3.65. The summed E-state index contributed by atoms with van der Waals surface area (Å²) in [5.74, 6) is 2.42. The molecule has 0 amide bonds. The molecule has 1 aromatic rings. The van der Waals surface area contributed by atoms with Gasteiger partial charge in [0.2, 0.25) is 0 Å². The maximum atomic E-state index is 5.94. The van der Waals surface area contributed by atoms with E-state index in [0.717, 1.165) is 6.54 Å². The third-order valence-electron chi connectivity index (χ3n) is 2.89. The number of thioether (sulfide) groups is 1. The molecule has 17 heavy (non-hydrogen) atoms. The predicted octanol–water partition coefficient (Wildman–Crippen LogP) is 2.84. The molecule has 2 rings (SSSR count). The Kier molecular flexibility index (Phi) is 3.99. The maximum absolute atomic E-state index is 5.94. The molecular weight excluding hydrogens is 258 g/mol. The normalized spacial score (nSPS) is 23.7. The van der Waals surface area contributed by atoms with E-state index in [9.17, 15) is 0 Å². The molecule has 94 valence electrons. The number of nitrogens with one attached hydrogen (secondary N) is 1. The van der Waals surface area contributed by atoms with Crippen molar-refractivity contribution in [2.24, 2.45) is 0 Å². The summed E-state index contributed by atoms with van der Waals surface area (Å²) in [5.41, 5.74) is 0. The van der Waals surface area contributed by atoms with E-state index in [1.165, 1.54) is 24.9 Å². The number of methoxy groups -OCH3 is 1. The number of ether oxygens (including phenoxy) is 1. The molecule has 4 nitrogen and oxygen atoms in total. The SMILES string of the molecule is COc1c(Cl)ncnc1NCC1(C)CCCS1. The van der Waals surface area contributed by atoms with Crippen molar-refractivity contribution in [3.63, 3.8) is 0 Å². The predicted molar refractivity (Wildman–Crippen MR) is 72.2 cm³/mol. The van der Waals surface area contributed by atoms with Crippen molar-refractivity contribution >= 4 is 29.2 Å². The van der Waals surface area contributed by atoms with Crippen LogP contribution in [0, 0.1) is 0 Å². The number of anilines is 1. The van der Waals surface area contributed by atoms with Gasteiger partial charge in [-0.1, -0.05) is 11.6 Å². The molecular formula is C11H16ClN3OS. The zero-order valence-electron chi connectivity index (χ0n) is 9.99. The van der Waals surface area contributed by atoms with Crippen molar-refractivity contribution in [3.8, 4) is 5.75 Å². The second-order valence-corrected chi connectivity index (χ2v) is 6.34. The number of hydrogen-bond acceptors (Lipinski definition) is 5. The van der Waals surface area contributed by atoms with Crippen LogP contribution in [0.2, 0.25) is 5.15 Å². The van der Waals surface area contributed by atoms with Crippen molar-refractivity contribution in [2.75, 3.05) is 24.7 Å². The fourth-order valence-electron chi connectivity index (χ4n) is 1.91. The summed E-state index contributed by atoms with van der Waals surface area (Å²) in [4.78, 5) is 8.05. The van der Waals surface area contributed by atoms with Gasteiger partial charge in [-0.15, -0.1) is 0 Å². The Labute approximate surface area is 111 Å². The summed E-state index contributed by atoms with van der Waals surface area (Å²) >= 11 is 7.94. The minimum atomic E-state index is 0.280. The summed E-state index contributed by atoms with van der Waals surface area (Å²) in [7, 11) is 1.57. The topological polar surface area (TPSA) is 47.0 Å². The fraction of sp³-hybridized carbons (Fsp3) is 0.636. The van der Waals surface area contributed by atoms with Crippen molar-refractivity contribution in [3.05, 3.63) is 11.5 Å². The highest BCUT2D eigenvalue weighted by atomic mass is 35.5. The lowest BCUT2D eigenvalue weighted by atomic mass is 10.1. The van der Waals surface area contributed by atoms with Gasteiger partial charge < -0.3 is 10.1 Å². The van der Waals surface area contributed by atoms with Crippen molar-refractivity contribution in [1.82, 2.24) is 9.97 Å². The van der Waals surface area contributed by atoms with Gasteiger partial charge in [0.15, 0.2) is 16.7 Å². The zero-order chi connectivity index (χ0) is 12.3. The van der Waals surface area contributed by atoms with Gasteiger partial charge in [-0.3, -0.25) is 0 Å². The first-order valence-electron chi connectivity index (χ1n) is 5.57. The standard InChI is InChI=1S/C11H16ClN3OS/c1-11(4-3-5-17-11)6-13-10-8(16-2)9(12)14-7-15-10/h7H,3-6H2,1-2H3,(H,13,14,15). The van der Waals surface area contributed by atoms with Gasteiger partial charge in [0, 0.05) is 11.3 Å². The number of nitrogens with zero attached hydrogens (tertiary/aromatic N) is 2. The molecule has 0 aliphatic carbocycles. The molecule has 1 aromatic heterocycles. The first kappa shape index (κ1) is 12.8. The number of aromatic nitrogens is 2. The minimum absolute atomic E-state index is 0.280. The number of hydrogen-bond donors (Lipinski definition) is 1. The quantitative estimate of drug-likeness (QED) is 0.855. The van der Waals surface area contributed by atoms with Gasteiger partial charge in [0.25, 0.3) is 0 Å². The highest BCUT2D eigenvalue weighted by Crippen LogP contribution is 2.38. The molecule has 0 saturated carbocycles. The summed E-state index contributed by atoms with van der Waals surface area (Å²) in [6.07, 6.45) is 3.95. The first-order chi connectivity index (χ1) is 8.14. The monoisotopic (exact) mass is 273 g/mol. The molecule has 0 bridgehead atoms. The highest BCUT2D eigenvalue weighted by Gasteiger charge is 2.29. The summed E-state index contributed by atoms with van der Waals surface area (Å²) < 4.78 is 5.48. The molecule has 6 heteroatoms. The molecule has 0 spiro atoms. The Hall–Kier alpha value is -0.680. The molecule has 1 saturated heterocycles. The van der Waals surface area contributed by atoms with Crippen molar-refractivity contribution in [2.45, 2.75) is 24.5 Å². The van der Waals surface area contributed by atoms with Crippen LogP contribution in [0.5, 0.6) is 5.75 Å². The van der Waals surface area contributed by atoms with E-state index in [1.807, 2.05) is 11.8 Å². The average Bonchev–Trinajstić information content (AvgIpc) is 2.74. The lowest BCUT2D eigenvalue weighted by molar-refractivity contribution is 0.412. The number of rotatable bonds is 4. The van der Waals surface area contributed by atoms with E-state index in [0.29, 0.717) is 16.7 Å². The summed E-state index contributed by atoms with van der Waals surface area (Å²) in [6.45, 7) is 3.13. The molecule has 1 atom stereocenters. The Balaban J connectivity index is 2.06. The van der Waals surface area contributed by atoms with Crippen LogP contribution in [0.4, 0.5) is 5.82 Å². The van der Waals surface area contributed by atoms with Crippen LogP contribution in [-0.2, 0) is 0 Å². The molecule has 1 unspecified atom stereocenters. The molecule has 1 aliphatic heterocycles. The Morgan fingerprint density at radius 3 is 3.06 bits per heavy atom. The van der Waals surface area contributed by atoms with Crippen molar-refractivity contribution in [1.29, 1.82) is 0 Å². The van der Waals surface area contributed by atoms with Crippen LogP contribution < -0.4 is 10.1 Å². The van der Waals surface area contributed by atoms with Crippen LogP contribution in [0.3, 0.4) is 0 Å². The fourth-order valence-corrected chi connectivity index (χ4v) is 3.36. The van der Waals surface area contributed by atoms with E-state index in [2.05, 4.69) is 22.2 Å².